The molecule has 1 aromatic heterocycles. The van der Waals surface area contributed by atoms with Gasteiger partial charge in [-0.3, -0.25) is 25.0 Å². The first-order valence-corrected chi connectivity index (χ1v) is 9.99. The number of carbonyl (C=O) groups is 2. The Bertz CT molecular complexity index is 1130. The molecule has 2 aromatic carbocycles. The molecule has 3 aromatic rings. The van der Waals surface area contributed by atoms with Crippen LogP contribution in [0, 0.1) is 17.0 Å². The van der Waals surface area contributed by atoms with Gasteiger partial charge in [-0.25, -0.2) is 0 Å². The summed E-state index contributed by atoms with van der Waals surface area (Å²) in [6.45, 7) is 2.08. The molecule has 2 heterocycles. The van der Waals surface area contributed by atoms with Crippen molar-refractivity contribution in [1.29, 1.82) is 0 Å². The Morgan fingerprint density at radius 1 is 1.23 bits per heavy atom. The fourth-order valence-corrected chi connectivity index (χ4v) is 4.18. The maximum absolute atomic E-state index is 12.5. The van der Waals surface area contributed by atoms with Crippen molar-refractivity contribution in [3.63, 3.8) is 0 Å². The zero-order chi connectivity index (χ0) is 21.3. The number of nitrogens with one attached hydrogen (secondary N) is 1. The molecule has 2 amide bonds. The number of aryl methyl sites for hydroxylation is 1. The molecule has 4 rings (SSSR count). The van der Waals surface area contributed by atoms with E-state index in [0.29, 0.717) is 34.2 Å². The van der Waals surface area contributed by atoms with E-state index in [4.69, 9.17) is 0 Å². The molecule has 0 bridgehead atoms. The summed E-state index contributed by atoms with van der Waals surface area (Å²) >= 11 is 1.22. The number of nitro groups is 1. The smallest absolute Gasteiger partial charge is 0.272 e. The van der Waals surface area contributed by atoms with Gasteiger partial charge in [-0.1, -0.05) is 29.5 Å². The molecule has 1 saturated heterocycles. The van der Waals surface area contributed by atoms with Crippen molar-refractivity contribution in [3.8, 4) is 0 Å². The van der Waals surface area contributed by atoms with Gasteiger partial charge in [0.15, 0.2) is 0 Å². The van der Waals surface area contributed by atoms with Gasteiger partial charge in [0.2, 0.25) is 11.0 Å². The molecule has 1 fully saturated rings. The Kier molecular flexibility index (Phi) is 5.23. The van der Waals surface area contributed by atoms with Gasteiger partial charge in [0.25, 0.3) is 11.6 Å². The number of benzene rings is 2. The number of rotatable bonds is 5. The molecule has 0 spiro atoms. The summed E-state index contributed by atoms with van der Waals surface area (Å²) in [6.07, 6.45) is 0.332. The Balaban J connectivity index is 1.45. The van der Waals surface area contributed by atoms with Crippen molar-refractivity contribution in [2.24, 2.45) is 0 Å². The van der Waals surface area contributed by atoms with Gasteiger partial charge < -0.3 is 4.90 Å². The van der Waals surface area contributed by atoms with Crippen molar-refractivity contribution >= 4 is 39.7 Å². The van der Waals surface area contributed by atoms with Crippen LogP contribution in [0.1, 0.15) is 33.3 Å². The highest BCUT2D eigenvalue weighted by molar-refractivity contribution is 7.15. The minimum atomic E-state index is -0.490. The lowest BCUT2D eigenvalue weighted by molar-refractivity contribution is -0.385. The van der Waals surface area contributed by atoms with Crippen molar-refractivity contribution in [2.45, 2.75) is 19.3 Å². The molecule has 1 unspecified atom stereocenters. The topological polar surface area (TPSA) is 118 Å². The van der Waals surface area contributed by atoms with Crippen LogP contribution in [0.2, 0.25) is 0 Å². The van der Waals surface area contributed by atoms with Gasteiger partial charge in [-0.05, 0) is 31.2 Å². The Morgan fingerprint density at radius 2 is 2.00 bits per heavy atom. The molecule has 0 saturated carbocycles. The third kappa shape index (κ3) is 3.90. The van der Waals surface area contributed by atoms with E-state index in [-0.39, 0.29) is 17.5 Å². The molecular formula is C20H17N5O4S. The number of hydrogen-bond acceptors (Lipinski definition) is 7. The lowest BCUT2D eigenvalue weighted by atomic mass is 10.1. The summed E-state index contributed by atoms with van der Waals surface area (Å²) in [5.41, 5.74) is 1.49. The maximum Gasteiger partial charge on any atom is 0.272 e. The molecule has 1 aliphatic heterocycles. The number of carbonyl (C=O) groups excluding carboxylic acids is 2. The van der Waals surface area contributed by atoms with Gasteiger partial charge in [0.05, 0.1) is 4.92 Å². The molecule has 10 heteroatoms. The zero-order valence-corrected chi connectivity index (χ0v) is 16.8. The van der Waals surface area contributed by atoms with E-state index in [9.17, 15) is 19.7 Å². The predicted octanol–water partition coefficient (Wildman–Crippen LogP) is 3.53. The van der Waals surface area contributed by atoms with E-state index < -0.39 is 10.8 Å². The van der Waals surface area contributed by atoms with Crippen LogP contribution in [0.3, 0.4) is 0 Å². The summed E-state index contributed by atoms with van der Waals surface area (Å²) in [5.74, 6) is -0.500. The highest BCUT2D eigenvalue weighted by atomic mass is 32.1. The number of amides is 2. The van der Waals surface area contributed by atoms with E-state index in [1.807, 2.05) is 30.3 Å². The summed E-state index contributed by atoms with van der Waals surface area (Å²) in [4.78, 5) is 37.0. The van der Waals surface area contributed by atoms with Crippen molar-refractivity contribution in [3.05, 3.63) is 74.8 Å². The summed E-state index contributed by atoms with van der Waals surface area (Å²) in [5, 5.41) is 22.7. The Hall–Kier alpha value is -3.66. The average molecular weight is 423 g/mol. The lowest BCUT2D eigenvalue weighted by Crippen LogP contribution is -2.24. The average Bonchev–Trinajstić information content (AvgIpc) is 3.34. The molecule has 1 atom stereocenters. The number of anilines is 2. The molecule has 30 heavy (non-hydrogen) atoms. The van der Waals surface area contributed by atoms with Gasteiger partial charge in [-0.2, -0.15) is 0 Å². The monoisotopic (exact) mass is 423 g/mol. The summed E-state index contributed by atoms with van der Waals surface area (Å²) < 4.78 is 0. The SMILES string of the molecule is Cc1cc(C(=O)Nc2nnc(C3CC(=O)N(c4ccccc4)C3)s2)ccc1[N+](=O)[O-]. The first-order valence-electron chi connectivity index (χ1n) is 9.17. The van der Waals surface area contributed by atoms with Gasteiger partial charge in [-0.15, -0.1) is 10.2 Å². The molecule has 0 radical (unpaired) electrons. The van der Waals surface area contributed by atoms with Crippen molar-refractivity contribution < 1.29 is 14.5 Å². The fraction of sp³-hybridized carbons (Fsp3) is 0.200. The van der Waals surface area contributed by atoms with Crippen molar-refractivity contribution in [1.82, 2.24) is 10.2 Å². The maximum atomic E-state index is 12.5. The fourth-order valence-electron chi connectivity index (χ4n) is 3.35. The number of nitrogens with zero attached hydrogens (tertiary/aromatic N) is 4. The second kappa shape index (κ2) is 7.99. The normalized spacial score (nSPS) is 16.0. The highest BCUT2D eigenvalue weighted by Gasteiger charge is 2.33. The van der Waals surface area contributed by atoms with E-state index in [1.54, 1.807) is 11.8 Å². The number of aromatic nitrogens is 2. The van der Waals surface area contributed by atoms with Crippen LogP contribution >= 0.6 is 11.3 Å². The molecule has 1 N–H and O–H groups in total. The predicted molar refractivity (Wildman–Crippen MR) is 112 cm³/mol. The minimum absolute atomic E-state index is 0.0216. The van der Waals surface area contributed by atoms with Crippen LogP contribution in [0.4, 0.5) is 16.5 Å². The lowest BCUT2D eigenvalue weighted by Gasteiger charge is -2.15. The Labute approximate surface area is 175 Å². The van der Waals surface area contributed by atoms with E-state index in [2.05, 4.69) is 15.5 Å². The van der Waals surface area contributed by atoms with E-state index in [0.717, 1.165) is 5.69 Å². The standard InChI is InChI=1S/C20H17N5O4S/c1-12-9-13(7-8-16(12)25(28)29)18(27)21-20-23-22-19(30-20)14-10-17(26)24(11-14)15-5-3-2-4-6-15/h2-9,14H,10-11H2,1H3,(H,21,23,27). The minimum Gasteiger partial charge on any atom is -0.312 e. The summed E-state index contributed by atoms with van der Waals surface area (Å²) in [7, 11) is 0. The van der Waals surface area contributed by atoms with Crippen LogP contribution in [0.15, 0.2) is 48.5 Å². The van der Waals surface area contributed by atoms with Gasteiger partial charge in [0.1, 0.15) is 5.01 Å². The van der Waals surface area contributed by atoms with Gasteiger partial charge >= 0.3 is 0 Å². The van der Waals surface area contributed by atoms with Crippen LogP contribution in [-0.4, -0.2) is 33.5 Å². The van der Waals surface area contributed by atoms with E-state index >= 15 is 0 Å². The molecular weight excluding hydrogens is 406 g/mol. The molecule has 0 aliphatic carbocycles. The molecule has 1 aliphatic rings. The van der Waals surface area contributed by atoms with Gasteiger partial charge in [0, 0.05) is 41.8 Å². The third-order valence-corrected chi connectivity index (χ3v) is 5.86. The van der Waals surface area contributed by atoms with E-state index in [1.165, 1.54) is 29.5 Å². The van der Waals surface area contributed by atoms with Crippen LogP contribution < -0.4 is 10.2 Å². The second-order valence-electron chi connectivity index (χ2n) is 6.90. The highest BCUT2D eigenvalue weighted by Crippen LogP contribution is 2.34. The van der Waals surface area contributed by atoms with Crippen LogP contribution in [0.5, 0.6) is 0 Å². The molecule has 9 nitrogen and oxygen atoms in total. The van der Waals surface area contributed by atoms with Crippen LogP contribution in [-0.2, 0) is 4.79 Å². The number of hydrogen-bond donors (Lipinski definition) is 1. The Morgan fingerprint density at radius 3 is 2.70 bits per heavy atom. The molecule has 152 valence electrons. The first-order chi connectivity index (χ1) is 14.4. The summed E-state index contributed by atoms with van der Waals surface area (Å²) in [6, 6.07) is 13.6. The number of nitro benzene ring substituents is 1. The number of para-hydroxylation sites is 1. The largest absolute Gasteiger partial charge is 0.312 e. The van der Waals surface area contributed by atoms with Crippen LogP contribution in [0.25, 0.3) is 0 Å². The first kappa shape index (κ1) is 19.6. The second-order valence-corrected chi connectivity index (χ2v) is 7.91. The quantitative estimate of drug-likeness (QED) is 0.495. The zero-order valence-electron chi connectivity index (χ0n) is 15.9. The third-order valence-electron chi connectivity index (χ3n) is 4.86. The van der Waals surface area contributed by atoms with Crippen molar-refractivity contribution in [2.75, 3.05) is 16.8 Å².